The Bertz CT molecular complexity index is 928. The Hall–Kier alpha value is -3.16. The van der Waals surface area contributed by atoms with Crippen molar-refractivity contribution in [3.8, 4) is 0 Å². The van der Waals surface area contributed by atoms with E-state index in [1.165, 1.54) is 6.07 Å². The van der Waals surface area contributed by atoms with Crippen molar-refractivity contribution in [3.63, 3.8) is 0 Å². The van der Waals surface area contributed by atoms with Gasteiger partial charge >= 0.3 is 6.18 Å². The van der Waals surface area contributed by atoms with Gasteiger partial charge in [-0.25, -0.2) is 4.98 Å². The Labute approximate surface area is 154 Å². The van der Waals surface area contributed by atoms with E-state index in [9.17, 15) is 13.2 Å². The average Bonchev–Trinajstić information content (AvgIpc) is 2.89. The van der Waals surface area contributed by atoms with Crippen molar-refractivity contribution < 1.29 is 13.2 Å². The lowest BCUT2D eigenvalue weighted by molar-refractivity contribution is -0.137. The molecule has 5 nitrogen and oxygen atoms in total. The summed E-state index contributed by atoms with van der Waals surface area (Å²) >= 11 is 0. The maximum Gasteiger partial charge on any atom is 0.417 e. The van der Waals surface area contributed by atoms with Gasteiger partial charge in [-0.2, -0.15) is 23.4 Å². The molecule has 1 N–H and O–H groups in total. The first-order valence-electron chi connectivity index (χ1n) is 8.25. The van der Waals surface area contributed by atoms with Crippen molar-refractivity contribution in [2.45, 2.75) is 26.6 Å². The van der Waals surface area contributed by atoms with Crippen LogP contribution in [-0.2, 0) is 12.7 Å². The summed E-state index contributed by atoms with van der Waals surface area (Å²) in [5.41, 5.74) is 5.59. The third-order valence-electron chi connectivity index (χ3n) is 4.08. The molecule has 3 aromatic rings. The van der Waals surface area contributed by atoms with Crippen LogP contribution >= 0.6 is 0 Å². The molecule has 0 saturated heterocycles. The zero-order valence-electron chi connectivity index (χ0n) is 14.8. The van der Waals surface area contributed by atoms with Crippen LogP contribution in [0.4, 0.5) is 19.0 Å². The van der Waals surface area contributed by atoms with Crippen molar-refractivity contribution in [3.05, 3.63) is 76.7 Å². The number of aromatic nitrogens is 3. The topological polar surface area (TPSA) is 55.1 Å². The molecule has 0 amide bonds. The quantitative estimate of drug-likeness (QED) is 0.532. The minimum absolute atomic E-state index is 0.228. The van der Waals surface area contributed by atoms with Gasteiger partial charge in [0.05, 0.1) is 24.0 Å². The molecule has 0 unspecified atom stereocenters. The second-order valence-electron chi connectivity index (χ2n) is 6.03. The predicted octanol–water partition coefficient (Wildman–Crippen LogP) is 4.41. The van der Waals surface area contributed by atoms with E-state index >= 15 is 0 Å². The van der Waals surface area contributed by atoms with Gasteiger partial charge in [0.1, 0.15) is 5.82 Å². The van der Waals surface area contributed by atoms with Crippen molar-refractivity contribution in [2.75, 3.05) is 5.43 Å². The molecule has 27 heavy (non-hydrogen) atoms. The summed E-state index contributed by atoms with van der Waals surface area (Å²) in [7, 11) is 0. The van der Waals surface area contributed by atoms with E-state index < -0.39 is 11.7 Å². The van der Waals surface area contributed by atoms with Crippen LogP contribution in [0, 0.1) is 13.8 Å². The standard InChI is InChI=1S/C19H18F3N5/c1-13-17(14(2)27(26-13)12-15-6-4-3-5-7-15)11-24-25-18-9-8-16(10-23-18)19(20,21)22/h3-11H,12H2,1-2H3,(H,23,25)/b24-11+. The lowest BCUT2D eigenvalue weighted by atomic mass is 10.2. The molecule has 0 spiro atoms. The number of rotatable bonds is 5. The molecule has 0 aliphatic rings. The number of halogens is 3. The van der Waals surface area contributed by atoms with Crippen LogP contribution in [0.25, 0.3) is 0 Å². The largest absolute Gasteiger partial charge is 0.417 e. The van der Waals surface area contributed by atoms with Crippen LogP contribution < -0.4 is 5.43 Å². The van der Waals surface area contributed by atoms with Gasteiger partial charge in [-0.3, -0.25) is 10.1 Å². The summed E-state index contributed by atoms with van der Waals surface area (Å²) in [6, 6.07) is 12.2. The Morgan fingerprint density at radius 1 is 1.11 bits per heavy atom. The molecule has 0 atom stereocenters. The number of nitrogens with one attached hydrogen (secondary N) is 1. The maximum atomic E-state index is 12.5. The number of nitrogens with zero attached hydrogens (tertiary/aromatic N) is 4. The molecule has 1 aromatic carbocycles. The predicted molar refractivity (Wildman–Crippen MR) is 97.7 cm³/mol. The highest BCUT2D eigenvalue weighted by Gasteiger charge is 2.30. The molecule has 0 radical (unpaired) electrons. The highest BCUT2D eigenvalue weighted by Crippen LogP contribution is 2.28. The molecule has 8 heteroatoms. The Morgan fingerprint density at radius 3 is 2.48 bits per heavy atom. The van der Waals surface area contributed by atoms with Gasteiger partial charge in [0, 0.05) is 17.5 Å². The van der Waals surface area contributed by atoms with Gasteiger partial charge in [0.25, 0.3) is 0 Å². The Morgan fingerprint density at radius 2 is 1.85 bits per heavy atom. The van der Waals surface area contributed by atoms with Gasteiger partial charge in [-0.1, -0.05) is 30.3 Å². The molecule has 0 fully saturated rings. The zero-order chi connectivity index (χ0) is 19.4. The lowest BCUT2D eigenvalue weighted by Gasteiger charge is -2.06. The summed E-state index contributed by atoms with van der Waals surface area (Å²) in [5, 5.41) is 8.60. The van der Waals surface area contributed by atoms with E-state index in [2.05, 4.69) is 20.6 Å². The van der Waals surface area contributed by atoms with Crippen LogP contribution in [0.3, 0.4) is 0 Å². The highest BCUT2D eigenvalue weighted by molar-refractivity contribution is 5.83. The number of hydrogen-bond acceptors (Lipinski definition) is 4. The normalized spacial score (nSPS) is 11.9. The number of anilines is 1. The number of alkyl halides is 3. The fraction of sp³-hybridized carbons (Fsp3) is 0.211. The molecule has 3 rings (SSSR count). The van der Waals surface area contributed by atoms with E-state index in [1.54, 1.807) is 6.21 Å². The van der Waals surface area contributed by atoms with Crippen LogP contribution in [0.2, 0.25) is 0 Å². The van der Waals surface area contributed by atoms with E-state index in [0.717, 1.165) is 34.8 Å². The second-order valence-corrected chi connectivity index (χ2v) is 6.03. The number of hydrogen-bond donors (Lipinski definition) is 1. The second kappa shape index (κ2) is 7.61. The van der Waals surface area contributed by atoms with Crippen molar-refractivity contribution >= 4 is 12.0 Å². The molecule has 0 aliphatic heterocycles. The monoisotopic (exact) mass is 373 g/mol. The summed E-state index contributed by atoms with van der Waals surface area (Å²) in [4.78, 5) is 3.72. The molecular formula is C19H18F3N5. The van der Waals surface area contributed by atoms with E-state index in [-0.39, 0.29) is 5.82 Å². The summed E-state index contributed by atoms with van der Waals surface area (Å²) in [6.45, 7) is 4.47. The molecule has 2 aromatic heterocycles. The van der Waals surface area contributed by atoms with Gasteiger partial charge in [0.2, 0.25) is 0 Å². The van der Waals surface area contributed by atoms with Crippen LogP contribution in [0.15, 0.2) is 53.8 Å². The minimum atomic E-state index is -4.41. The van der Waals surface area contributed by atoms with Crippen molar-refractivity contribution in [2.24, 2.45) is 5.10 Å². The van der Waals surface area contributed by atoms with Crippen LogP contribution in [0.5, 0.6) is 0 Å². The summed E-state index contributed by atoms with van der Waals surface area (Å²) in [5.74, 6) is 0.228. The maximum absolute atomic E-state index is 12.5. The molecule has 2 heterocycles. The highest BCUT2D eigenvalue weighted by atomic mass is 19.4. The van der Waals surface area contributed by atoms with Gasteiger partial charge in [-0.15, -0.1) is 0 Å². The van der Waals surface area contributed by atoms with Crippen molar-refractivity contribution in [1.82, 2.24) is 14.8 Å². The van der Waals surface area contributed by atoms with Crippen molar-refractivity contribution in [1.29, 1.82) is 0 Å². The molecular weight excluding hydrogens is 355 g/mol. The van der Waals surface area contributed by atoms with Gasteiger partial charge < -0.3 is 0 Å². The number of pyridine rings is 1. The third-order valence-corrected chi connectivity index (χ3v) is 4.08. The van der Waals surface area contributed by atoms with E-state index in [0.29, 0.717) is 6.54 Å². The van der Waals surface area contributed by atoms with E-state index in [1.807, 2.05) is 48.9 Å². The Kier molecular flexibility index (Phi) is 5.25. The summed E-state index contributed by atoms with van der Waals surface area (Å²) < 4.78 is 39.5. The van der Waals surface area contributed by atoms with Crippen LogP contribution in [-0.4, -0.2) is 21.0 Å². The number of hydrazone groups is 1. The lowest BCUT2D eigenvalue weighted by Crippen LogP contribution is -2.06. The SMILES string of the molecule is Cc1nn(Cc2ccccc2)c(C)c1/C=N/Nc1ccc(C(F)(F)F)cn1. The molecule has 0 bridgehead atoms. The van der Waals surface area contributed by atoms with Crippen LogP contribution in [0.1, 0.15) is 28.1 Å². The first-order valence-corrected chi connectivity index (χ1v) is 8.25. The fourth-order valence-corrected chi connectivity index (χ4v) is 2.60. The Balaban J connectivity index is 1.70. The first kappa shape index (κ1) is 18.6. The summed E-state index contributed by atoms with van der Waals surface area (Å²) in [6.07, 6.45) is -2.04. The minimum Gasteiger partial charge on any atom is -0.265 e. The third kappa shape index (κ3) is 4.52. The zero-order valence-corrected chi connectivity index (χ0v) is 14.8. The average molecular weight is 373 g/mol. The first-order chi connectivity index (χ1) is 12.8. The molecule has 0 aliphatic carbocycles. The molecule has 0 saturated carbocycles. The number of aryl methyl sites for hydroxylation is 1. The van der Waals surface area contributed by atoms with Gasteiger partial charge in [-0.05, 0) is 31.5 Å². The molecule has 140 valence electrons. The fourth-order valence-electron chi connectivity index (χ4n) is 2.60. The van der Waals surface area contributed by atoms with E-state index in [4.69, 9.17) is 0 Å². The smallest absolute Gasteiger partial charge is 0.265 e. The number of benzene rings is 1. The van der Waals surface area contributed by atoms with Gasteiger partial charge in [0.15, 0.2) is 0 Å².